The molecule has 2 amide bonds. The summed E-state index contributed by atoms with van der Waals surface area (Å²) in [7, 11) is 0. The molecule has 0 spiro atoms. The molecule has 2 heterocycles. The van der Waals surface area contributed by atoms with Crippen LogP contribution in [-0.2, 0) is 16.0 Å². The second-order valence-electron chi connectivity index (χ2n) is 6.77. The molecule has 1 N–H and O–H groups in total. The number of carbonyl (C=O) groups is 2. The minimum Gasteiger partial charge on any atom is -0.481 e. The van der Waals surface area contributed by atoms with Crippen LogP contribution in [0.15, 0.2) is 24.3 Å². The van der Waals surface area contributed by atoms with E-state index in [-0.39, 0.29) is 12.5 Å². The number of anilines is 1. The maximum absolute atomic E-state index is 13.1. The molecule has 0 aliphatic carbocycles. The number of ether oxygens (including phenoxy) is 1. The Morgan fingerprint density at radius 3 is 2.83 bits per heavy atom. The van der Waals surface area contributed by atoms with Crippen LogP contribution in [0.2, 0.25) is 0 Å². The summed E-state index contributed by atoms with van der Waals surface area (Å²) in [6, 6.07) is 7.85. The summed E-state index contributed by atoms with van der Waals surface area (Å²) < 4.78 is 5.62. The lowest BCUT2D eigenvalue weighted by atomic mass is 10.0. The summed E-state index contributed by atoms with van der Waals surface area (Å²) in [6.07, 6.45) is 0.309. The minimum absolute atomic E-state index is 0.0707. The number of carboxylic acid groups (broad SMARTS) is 1. The number of carbonyl (C=O) groups excluding carboxylic acids is 1. The van der Waals surface area contributed by atoms with E-state index in [1.165, 1.54) is 5.56 Å². The highest BCUT2D eigenvalue weighted by Gasteiger charge is 2.41. The molecule has 124 valence electrons. The van der Waals surface area contributed by atoms with Crippen molar-refractivity contribution >= 4 is 17.7 Å². The second-order valence-corrected chi connectivity index (χ2v) is 6.77. The van der Waals surface area contributed by atoms with E-state index in [2.05, 4.69) is 0 Å². The van der Waals surface area contributed by atoms with Gasteiger partial charge in [-0.1, -0.05) is 18.2 Å². The van der Waals surface area contributed by atoms with Crippen LogP contribution < -0.4 is 4.90 Å². The average molecular weight is 318 g/mol. The molecule has 0 aromatic heterocycles. The van der Waals surface area contributed by atoms with Crippen LogP contribution in [0.3, 0.4) is 0 Å². The van der Waals surface area contributed by atoms with Gasteiger partial charge < -0.3 is 14.7 Å². The molecular weight excluding hydrogens is 296 g/mol. The quantitative estimate of drug-likeness (QED) is 0.907. The molecule has 1 aromatic carbocycles. The van der Waals surface area contributed by atoms with Crippen molar-refractivity contribution in [2.24, 2.45) is 0 Å². The van der Waals surface area contributed by atoms with Crippen LogP contribution >= 0.6 is 0 Å². The molecule has 1 aromatic rings. The first-order chi connectivity index (χ1) is 10.9. The molecule has 2 aliphatic rings. The number of aliphatic carboxylic acids is 1. The highest BCUT2D eigenvalue weighted by molar-refractivity contribution is 5.94. The number of para-hydroxylation sites is 1. The van der Waals surface area contributed by atoms with Crippen molar-refractivity contribution in [2.75, 3.05) is 24.6 Å². The molecule has 1 fully saturated rings. The van der Waals surface area contributed by atoms with Crippen molar-refractivity contribution in [3.05, 3.63) is 29.8 Å². The van der Waals surface area contributed by atoms with Gasteiger partial charge in [-0.15, -0.1) is 0 Å². The van der Waals surface area contributed by atoms with Crippen molar-refractivity contribution in [3.8, 4) is 0 Å². The average Bonchev–Trinajstić information content (AvgIpc) is 2.92. The third-order valence-electron chi connectivity index (χ3n) is 4.54. The van der Waals surface area contributed by atoms with Gasteiger partial charge in [-0.25, -0.2) is 4.79 Å². The van der Waals surface area contributed by atoms with Crippen molar-refractivity contribution in [2.45, 2.75) is 38.3 Å². The monoisotopic (exact) mass is 318 g/mol. The topological polar surface area (TPSA) is 70.1 Å². The summed E-state index contributed by atoms with van der Waals surface area (Å²) in [5, 5.41) is 8.97. The first-order valence-electron chi connectivity index (χ1n) is 7.89. The summed E-state index contributed by atoms with van der Waals surface area (Å²) in [5.41, 5.74) is 1.67. The Kier molecular flexibility index (Phi) is 4.02. The van der Waals surface area contributed by atoms with E-state index in [0.717, 1.165) is 12.1 Å². The molecular formula is C17H22N2O4. The van der Waals surface area contributed by atoms with E-state index in [4.69, 9.17) is 9.84 Å². The van der Waals surface area contributed by atoms with E-state index >= 15 is 0 Å². The number of hydrogen-bond donors (Lipinski definition) is 1. The first-order valence-corrected chi connectivity index (χ1v) is 7.89. The van der Waals surface area contributed by atoms with Crippen molar-refractivity contribution in [3.63, 3.8) is 0 Å². The van der Waals surface area contributed by atoms with Gasteiger partial charge in [0.05, 0.1) is 24.7 Å². The SMILES string of the molecule is CC1(C)COC(CC(=O)O)CN1C(=O)N1CCc2ccccc21. The third kappa shape index (κ3) is 3.03. The molecule has 1 unspecified atom stereocenters. The van der Waals surface area contributed by atoms with Crippen molar-refractivity contribution in [1.29, 1.82) is 0 Å². The van der Waals surface area contributed by atoms with E-state index in [1.54, 1.807) is 9.80 Å². The second kappa shape index (κ2) is 5.85. The predicted octanol–water partition coefficient (Wildman–Crippen LogP) is 2.12. The smallest absolute Gasteiger partial charge is 0.325 e. The van der Waals surface area contributed by atoms with Gasteiger partial charge in [0.25, 0.3) is 0 Å². The van der Waals surface area contributed by atoms with Crippen LogP contribution in [0.25, 0.3) is 0 Å². The van der Waals surface area contributed by atoms with E-state index < -0.39 is 17.6 Å². The number of morpholine rings is 1. The number of nitrogens with zero attached hydrogens (tertiary/aromatic N) is 2. The van der Waals surface area contributed by atoms with Crippen LogP contribution in [0, 0.1) is 0 Å². The Bertz CT molecular complexity index is 629. The van der Waals surface area contributed by atoms with Gasteiger partial charge in [0, 0.05) is 18.8 Å². The van der Waals surface area contributed by atoms with Gasteiger partial charge >= 0.3 is 12.0 Å². The number of urea groups is 1. The zero-order valence-corrected chi connectivity index (χ0v) is 13.5. The number of carboxylic acids is 1. The number of benzene rings is 1. The van der Waals surface area contributed by atoms with E-state index in [9.17, 15) is 9.59 Å². The molecule has 0 bridgehead atoms. The van der Waals surface area contributed by atoms with Crippen LogP contribution in [0.4, 0.5) is 10.5 Å². The van der Waals surface area contributed by atoms with Crippen LogP contribution in [0.5, 0.6) is 0 Å². The number of amides is 2. The Balaban J connectivity index is 1.81. The molecule has 6 nitrogen and oxygen atoms in total. The summed E-state index contributed by atoms with van der Waals surface area (Å²) in [4.78, 5) is 27.5. The Hall–Kier alpha value is -2.08. The van der Waals surface area contributed by atoms with Gasteiger partial charge in [0.1, 0.15) is 0 Å². The molecule has 6 heteroatoms. The fraction of sp³-hybridized carbons (Fsp3) is 0.529. The molecule has 3 rings (SSSR count). The third-order valence-corrected chi connectivity index (χ3v) is 4.54. The van der Waals surface area contributed by atoms with E-state index in [1.807, 2.05) is 38.1 Å². The lowest BCUT2D eigenvalue weighted by Gasteiger charge is -2.46. The van der Waals surface area contributed by atoms with Gasteiger partial charge in [0.2, 0.25) is 0 Å². The van der Waals surface area contributed by atoms with Gasteiger partial charge in [-0.05, 0) is 31.9 Å². The molecule has 23 heavy (non-hydrogen) atoms. The van der Waals surface area contributed by atoms with Crippen molar-refractivity contribution < 1.29 is 19.4 Å². The number of hydrogen-bond acceptors (Lipinski definition) is 3. The standard InChI is InChI=1S/C17H22N2O4/c1-17(2)11-23-13(9-15(20)21)10-19(17)16(22)18-8-7-12-5-3-4-6-14(12)18/h3-6,13H,7-11H2,1-2H3,(H,20,21). The molecule has 1 atom stereocenters. The lowest BCUT2D eigenvalue weighted by Crippen LogP contribution is -2.61. The maximum atomic E-state index is 13.1. The highest BCUT2D eigenvalue weighted by atomic mass is 16.5. The first kappa shape index (κ1) is 15.8. The Labute approximate surface area is 135 Å². The molecule has 2 aliphatic heterocycles. The summed E-state index contributed by atoms with van der Waals surface area (Å²) >= 11 is 0. The summed E-state index contributed by atoms with van der Waals surface area (Å²) in [6.45, 7) is 5.20. The largest absolute Gasteiger partial charge is 0.481 e. The molecule has 0 radical (unpaired) electrons. The number of fused-ring (bicyclic) bond motifs is 1. The van der Waals surface area contributed by atoms with Crippen molar-refractivity contribution in [1.82, 2.24) is 4.90 Å². The molecule has 1 saturated heterocycles. The highest BCUT2D eigenvalue weighted by Crippen LogP contribution is 2.31. The van der Waals surface area contributed by atoms with Gasteiger partial charge in [0.15, 0.2) is 0 Å². The van der Waals surface area contributed by atoms with Gasteiger partial charge in [-0.2, -0.15) is 0 Å². The Morgan fingerprint density at radius 2 is 2.09 bits per heavy atom. The van der Waals surface area contributed by atoms with Gasteiger partial charge in [-0.3, -0.25) is 9.69 Å². The zero-order chi connectivity index (χ0) is 16.6. The number of rotatable bonds is 2. The summed E-state index contributed by atoms with van der Waals surface area (Å²) in [5.74, 6) is -0.909. The van der Waals surface area contributed by atoms with E-state index in [0.29, 0.717) is 19.7 Å². The maximum Gasteiger partial charge on any atom is 0.325 e. The Morgan fingerprint density at radius 1 is 1.35 bits per heavy atom. The fourth-order valence-electron chi connectivity index (χ4n) is 3.24. The fourth-order valence-corrected chi connectivity index (χ4v) is 3.24. The predicted molar refractivity (Wildman–Crippen MR) is 85.7 cm³/mol. The molecule has 0 saturated carbocycles. The van der Waals surface area contributed by atoms with Crippen LogP contribution in [-0.4, -0.2) is 53.3 Å². The minimum atomic E-state index is -0.909. The normalized spacial score (nSPS) is 22.8. The van der Waals surface area contributed by atoms with Crippen LogP contribution in [0.1, 0.15) is 25.8 Å². The zero-order valence-electron chi connectivity index (χ0n) is 13.5. The lowest BCUT2D eigenvalue weighted by molar-refractivity contribution is -0.144.